The molecule has 110 valence electrons. The van der Waals surface area contributed by atoms with Crippen molar-refractivity contribution in [1.82, 2.24) is 15.4 Å². The van der Waals surface area contributed by atoms with Crippen molar-refractivity contribution < 1.29 is 14.6 Å². The summed E-state index contributed by atoms with van der Waals surface area (Å²) in [6, 6.07) is 12.4. The van der Waals surface area contributed by atoms with Gasteiger partial charge in [-0.15, -0.1) is 5.10 Å². The number of carboxylic acids is 1. The summed E-state index contributed by atoms with van der Waals surface area (Å²) in [5.74, 6) is -0.305. The maximum absolute atomic E-state index is 11.1. The normalized spacial score (nSPS) is 10.4. The van der Waals surface area contributed by atoms with Crippen LogP contribution in [0, 0.1) is 0 Å². The Kier molecular flexibility index (Phi) is 3.57. The second kappa shape index (κ2) is 5.69. The van der Waals surface area contributed by atoms with Crippen LogP contribution in [0.3, 0.4) is 0 Å². The van der Waals surface area contributed by atoms with E-state index in [-0.39, 0.29) is 5.56 Å². The fourth-order valence-electron chi connectivity index (χ4n) is 2.25. The number of H-pyrrole nitrogens is 1. The Bertz CT molecular complexity index is 813. The molecule has 0 aliphatic heterocycles. The van der Waals surface area contributed by atoms with Crippen LogP contribution in [0.1, 0.15) is 10.4 Å². The van der Waals surface area contributed by atoms with E-state index >= 15 is 0 Å². The summed E-state index contributed by atoms with van der Waals surface area (Å²) in [6.07, 6.45) is 1.68. The molecule has 0 bridgehead atoms. The molecule has 0 aliphatic carbocycles. The van der Waals surface area contributed by atoms with Crippen LogP contribution in [0.5, 0.6) is 5.75 Å². The molecule has 0 atom stereocenters. The second-order valence-corrected chi connectivity index (χ2v) is 4.66. The lowest BCUT2D eigenvalue weighted by Crippen LogP contribution is -1.96. The first-order valence-corrected chi connectivity index (χ1v) is 6.57. The van der Waals surface area contributed by atoms with Gasteiger partial charge < -0.3 is 9.84 Å². The van der Waals surface area contributed by atoms with Crippen LogP contribution < -0.4 is 4.74 Å². The molecule has 0 fully saturated rings. The lowest BCUT2D eigenvalue weighted by molar-refractivity contribution is 0.0697. The van der Waals surface area contributed by atoms with Crippen molar-refractivity contribution in [2.75, 3.05) is 7.11 Å². The number of hydrogen-bond acceptors (Lipinski definition) is 4. The number of rotatable bonds is 4. The molecular formula is C16H13N3O3. The molecule has 0 radical (unpaired) electrons. The monoisotopic (exact) mass is 295 g/mol. The average Bonchev–Trinajstić information content (AvgIpc) is 3.08. The number of nitrogens with one attached hydrogen (secondary N) is 1. The minimum atomic E-state index is -0.951. The Morgan fingerprint density at radius 1 is 1.18 bits per heavy atom. The molecule has 3 rings (SSSR count). The molecule has 1 heterocycles. The van der Waals surface area contributed by atoms with E-state index in [2.05, 4.69) is 15.4 Å². The minimum absolute atomic E-state index is 0.247. The number of benzene rings is 2. The highest BCUT2D eigenvalue weighted by molar-refractivity contribution is 5.89. The van der Waals surface area contributed by atoms with Gasteiger partial charge in [0.1, 0.15) is 11.4 Å². The molecule has 1 aromatic heterocycles. The zero-order chi connectivity index (χ0) is 15.5. The summed E-state index contributed by atoms with van der Waals surface area (Å²) in [5, 5.41) is 19.4. The lowest BCUT2D eigenvalue weighted by Gasteiger charge is -2.09. The third kappa shape index (κ3) is 2.54. The van der Waals surface area contributed by atoms with Crippen molar-refractivity contribution in [1.29, 1.82) is 0 Å². The number of aromatic amines is 1. The van der Waals surface area contributed by atoms with E-state index in [0.29, 0.717) is 11.4 Å². The highest BCUT2D eigenvalue weighted by Crippen LogP contribution is 2.33. The summed E-state index contributed by atoms with van der Waals surface area (Å²) in [7, 11) is 1.58. The minimum Gasteiger partial charge on any atom is -0.496 e. The maximum Gasteiger partial charge on any atom is 0.335 e. The van der Waals surface area contributed by atoms with E-state index < -0.39 is 5.97 Å². The van der Waals surface area contributed by atoms with E-state index in [9.17, 15) is 4.79 Å². The Balaban J connectivity index is 2.06. The standard InChI is InChI=1S/C16H13N3O3/c1-22-15-8-11(5-6-13(15)14-9-17-19-18-14)10-3-2-4-12(7-10)16(20)21/h2-9H,1H3,(H,20,21)(H,17,18,19). The average molecular weight is 295 g/mol. The van der Waals surface area contributed by atoms with Crippen LogP contribution in [-0.4, -0.2) is 33.6 Å². The van der Waals surface area contributed by atoms with Gasteiger partial charge in [0.15, 0.2) is 0 Å². The maximum atomic E-state index is 11.1. The van der Waals surface area contributed by atoms with Gasteiger partial charge in [-0.25, -0.2) is 4.79 Å². The van der Waals surface area contributed by atoms with Gasteiger partial charge >= 0.3 is 5.97 Å². The number of carboxylic acid groups (broad SMARTS) is 1. The SMILES string of the molecule is COc1cc(-c2cccc(C(=O)O)c2)ccc1-c1c[nH]nn1. The molecule has 2 aromatic carbocycles. The zero-order valence-corrected chi connectivity index (χ0v) is 11.8. The molecule has 2 N–H and O–H groups in total. The van der Waals surface area contributed by atoms with Gasteiger partial charge in [-0.1, -0.05) is 23.4 Å². The van der Waals surface area contributed by atoms with E-state index in [4.69, 9.17) is 9.84 Å². The largest absolute Gasteiger partial charge is 0.496 e. The van der Waals surface area contributed by atoms with Crippen molar-refractivity contribution in [2.45, 2.75) is 0 Å². The number of carbonyl (C=O) groups is 1. The highest BCUT2D eigenvalue weighted by atomic mass is 16.5. The van der Waals surface area contributed by atoms with Crippen molar-refractivity contribution in [3.05, 3.63) is 54.2 Å². The van der Waals surface area contributed by atoms with Gasteiger partial charge in [0, 0.05) is 5.56 Å². The van der Waals surface area contributed by atoms with Crippen LogP contribution in [0.2, 0.25) is 0 Å². The van der Waals surface area contributed by atoms with Gasteiger partial charge in [-0.2, -0.15) is 0 Å². The van der Waals surface area contributed by atoms with E-state index in [1.165, 1.54) is 0 Å². The summed E-state index contributed by atoms with van der Waals surface area (Å²) in [4.78, 5) is 11.1. The van der Waals surface area contributed by atoms with Gasteiger partial charge in [0.25, 0.3) is 0 Å². The molecule has 0 unspecified atom stereocenters. The van der Waals surface area contributed by atoms with E-state index in [1.54, 1.807) is 31.5 Å². The number of nitrogens with zero attached hydrogens (tertiary/aromatic N) is 2. The van der Waals surface area contributed by atoms with Gasteiger partial charge in [-0.05, 0) is 35.4 Å². The number of methoxy groups -OCH3 is 1. The Labute approximate surface area is 126 Å². The van der Waals surface area contributed by atoms with Crippen LogP contribution in [0.4, 0.5) is 0 Å². The Hall–Kier alpha value is -3.15. The van der Waals surface area contributed by atoms with Crippen molar-refractivity contribution in [3.8, 4) is 28.1 Å². The van der Waals surface area contributed by atoms with Crippen molar-refractivity contribution >= 4 is 5.97 Å². The Morgan fingerprint density at radius 3 is 2.68 bits per heavy atom. The van der Waals surface area contributed by atoms with E-state index in [0.717, 1.165) is 16.7 Å². The summed E-state index contributed by atoms with van der Waals surface area (Å²) in [6.45, 7) is 0. The van der Waals surface area contributed by atoms with Crippen LogP contribution >= 0.6 is 0 Å². The summed E-state index contributed by atoms with van der Waals surface area (Å²) >= 11 is 0. The molecular weight excluding hydrogens is 282 g/mol. The highest BCUT2D eigenvalue weighted by Gasteiger charge is 2.11. The molecule has 0 amide bonds. The fourth-order valence-corrected chi connectivity index (χ4v) is 2.25. The summed E-state index contributed by atoms with van der Waals surface area (Å²) in [5.41, 5.74) is 3.42. The number of ether oxygens (including phenoxy) is 1. The predicted molar refractivity (Wildman–Crippen MR) is 80.8 cm³/mol. The number of hydrogen-bond donors (Lipinski definition) is 2. The van der Waals surface area contributed by atoms with Crippen LogP contribution in [-0.2, 0) is 0 Å². The van der Waals surface area contributed by atoms with Crippen molar-refractivity contribution in [3.63, 3.8) is 0 Å². The number of aromatic nitrogens is 3. The van der Waals surface area contributed by atoms with Crippen LogP contribution in [0.25, 0.3) is 22.4 Å². The molecule has 22 heavy (non-hydrogen) atoms. The van der Waals surface area contributed by atoms with Gasteiger partial charge in [0.2, 0.25) is 0 Å². The molecule has 6 nitrogen and oxygen atoms in total. The quantitative estimate of drug-likeness (QED) is 0.772. The van der Waals surface area contributed by atoms with Gasteiger partial charge in [0.05, 0.1) is 18.9 Å². The van der Waals surface area contributed by atoms with Crippen molar-refractivity contribution in [2.24, 2.45) is 0 Å². The van der Waals surface area contributed by atoms with Gasteiger partial charge in [-0.3, -0.25) is 5.10 Å². The molecule has 3 aromatic rings. The molecule has 0 saturated carbocycles. The Morgan fingerprint density at radius 2 is 2.00 bits per heavy atom. The first kappa shape index (κ1) is 13.8. The first-order valence-electron chi connectivity index (χ1n) is 6.57. The zero-order valence-electron chi connectivity index (χ0n) is 11.8. The first-order chi connectivity index (χ1) is 10.7. The fraction of sp³-hybridized carbons (Fsp3) is 0.0625. The molecule has 6 heteroatoms. The summed E-state index contributed by atoms with van der Waals surface area (Å²) < 4.78 is 5.41. The van der Waals surface area contributed by atoms with E-state index in [1.807, 2.05) is 24.3 Å². The predicted octanol–water partition coefficient (Wildman–Crippen LogP) is 2.85. The lowest BCUT2D eigenvalue weighted by atomic mass is 10.0. The topological polar surface area (TPSA) is 88.1 Å². The number of aromatic carboxylic acids is 1. The third-order valence-corrected chi connectivity index (χ3v) is 3.34. The molecule has 0 aliphatic rings. The van der Waals surface area contributed by atoms with Crippen LogP contribution in [0.15, 0.2) is 48.7 Å². The second-order valence-electron chi connectivity index (χ2n) is 4.66. The third-order valence-electron chi connectivity index (χ3n) is 3.34. The molecule has 0 spiro atoms. The molecule has 0 saturated heterocycles. The smallest absolute Gasteiger partial charge is 0.335 e.